The van der Waals surface area contributed by atoms with Crippen LogP contribution < -0.4 is 10.1 Å². The molecule has 0 saturated carbocycles. The number of anilines is 1. The van der Waals surface area contributed by atoms with Crippen LogP contribution in [0.1, 0.15) is 21.7 Å². The van der Waals surface area contributed by atoms with E-state index >= 15 is 0 Å². The largest absolute Gasteiger partial charge is 0.497 e. The topological polar surface area (TPSA) is 68.5 Å². The van der Waals surface area contributed by atoms with Gasteiger partial charge in [-0.05, 0) is 64.5 Å². The van der Waals surface area contributed by atoms with Crippen molar-refractivity contribution in [2.24, 2.45) is 0 Å². The Morgan fingerprint density at radius 1 is 1.00 bits per heavy atom. The van der Waals surface area contributed by atoms with Crippen LogP contribution in [0.15, 0.2) is 59.1 Å². The molecule has 0 aliphatic rings. The first-order valence-corrected chi connectivity index (χ1v) is 10.5. The summed E-state index contributed by atoms with van der Waals surface area (Å²) >= 11 is 3.07. The molecule has 0 atom stereocenters. The fourth-order valence-electron chi connectivity index (χ4n) is 3.21. The lowest BCUT2D eigenvalue weighted by Crippen LogP contribution is -2.16. The number of nitrogens with zero attached hydrogens (tertiary/aromatic N) is 3. The average molecular weight is 559 g/mol. The quantitative estimate of drug-likeness (QED) is 0.292. The number of halogens is 7. The van der Waals surface area contributed by atoms with Crippen LogP contribution in [-0.2, 0) is 12.4 Å². The lowest BCUT2D eigenvalue weighted by atomic mass is 10.1. The van der Waals surface area contributed by atoms with E-state index in [4.69, 9.17) is 4.74 Å². The Hall–Kier alpha value is -3.61. The number of ether oxygens (including phenoxy) is 1. The van der Waals surface area contributed by atoms with Gasteiger partial charge in [-0.15, -0.1) is 0 Å². The minimum absolute atomic E-state index is 0.0436. The zero-order valence-corrected chi connectivity index (χ0v) is 19.1. The van der Waals surface area contributed by atoms with E-state index in [9.17, 15) is 31.1 Å². The molecule has 0 aliphatic heterocycles. The third-order valence-corrected chi connectivity index (χ3v) is 5.60. The molecule has 0 spiro atoms. The molecule has 0 bridgehead atoms. The predicted molar refractivity (Wildman–Crippen MR) is 117 cm³/mol. The van der Waals surface area contributed by atoms with Gasteiger partial charge >= 0.3 is 12.4 Å². The molecule has 2 aromatic heterocycles. The number of hydrogen-bond donors (Lipinski definition) is 1. The van der Waals surface area contributed by atoms with E-state index in [2.05, 4.69) is 31.3 Å². The highest BCUT2D eigenvalue weighted by Crippen LogP contribution is 2.35. The van der Waals surface area contributed by atoms with Gasteiger partial charge in [0, 0.05) is 11.3 Å². The second-order valence-electron chi connectivity index (χ2n) is 7.18. The van der Waals surface area contributed by atoms with Crippen LogP contribution >= 0.6 is 15.9 Å². The second-order valence-corrected chi connectivity index (χ2v) is 7.98. The van der Waals surface area contributed by atoms with E-state index in [0.717, 1.165) is 18.2 Å². The van der Waals surface area contributed by atoms with Gasteiger partial charge in [-0.1, -0.05) is 6.07 Å². The van der Waals surface area contributed by atoms with Crippen LogP contribution in [0.3, 0.4) is 0 Å². The van der Waals surface area contributed by atoms with E-state index in [1.54, 1.807) is 12.1 Å². The van der Waals surface area contributed by atoms with Crippen molar-refractivity contribution in [3.05, 3.63) is 76.0 Å². The number of carbonyl (C=O) groups excluding carboxylic acids is 1. The molecule has 6 nitrogen and oxygen atoms in total. The van der Waals surface area contributed by atoms with E-state index < -0.39 is 35.2 Å². The molecule has 2 heterocycles. The van der Waals surface area contributed by atoms with Crippen molar-refractivity contribution < 1.29 is 35.9 Å². The Kier molecular flexibility index (Phi) is 6.21. The number of amides is 1. The second kappa shape index (κ2) is 8.87. The highest BCUT2D eigenvalue weighted by atomic mass is 79.9. The lowest BCUT2D eigenvalue weighted by molar-refractivity contribution is -0.142. The summed E-state index contributed by atoms with van der Waals surface area (Å²) in [5.74, 6) is -0.536. The normalized spacial score (nSPS) is 12.1. The maximum Gasteiger partial charge on any atom is 0.433 e. The SMILES string of the molecule is COc1ccc(-c2cc(C(F)(F)F)n3nc(C(=O)Nc4cccc(C(F)(F)F)c4)c(Br)c3n2)cc1. The summed E-state index contributed by atoms with van der Waals surface area (Å²) in [5, 5.41) is 5.96. The fourth-order valence-corrected chi connectivity index (χ4v) is 3.73. The summed E-state index contributed by atoms with van der Waals surface area (Å²) in [6.07, 6.45) is -9.50. The van der Waals surface area contributed by atoms with Crippen molar-refractivity contribution in [1.29, 1.82) is 0 Å². The standard InChI is InChI=1S/C22H13BrF6N4O2/c1-35-14-7-5-11(6-8-14)15-10-16(22(27,28)29)33-19(31-15)17(23)18(32-33)20(34)30-13-4-2-3-12(9-13)21(24,25)26/h2-10H,1H3,(H,30,34). The highest BCUT2D eigenvalue weighted by molar-refractivity contribution is 9.10. The van der Waals surface area contributed by atoms with Crippen LogP contribution in [-0.4, -0.2) is 27.6 Å². The van der Waals surface area contributed by atoms with Crippen molar-refractivity contribution in [2.45, 2.75) is 12.4 Å². The number of aromatic nitrogens is 3. The molecule has 35 heavy (non-hydrogen) atoms. The Labute approximate surface area is 201 Å². The summed E-state index contributed by atoms with van der Waals surface area (Å²) in [6.45, 7) is 0. The molecule has 13 heteroatoms. The Balaban J connectivity index is 1.79. The number of carbonyl (C=O) groups is 1. The van der Waals surface area contributed by atoms with Crippen molar-refractivity contribution >= 4 is 33.2 Å². The maximum absolute atomic E-state index is 13.8. The predicted octanol–water partition coefficient (Wildman–Crippen LogP) is 6.46. The lowest BCUT2D eigenvalue weighted by Gasteiger charge is -2.11. The number of benzene rings is 2. The molecule has 4 aromatic rings. The third kappa shape index (κ3) is 4.94. The zero-order chi connectivity index (χ0) is 25.5. The zero-order valence-electron chi connectivity index (χ0n) is 17.5. The van der Waals surface area contributed by atoms with Gasteiger partial charge in [0.25, 0.3) is 5.91 Å². The van der Waals surface area contributed by atoms with Gasteiger partial charge in [0.2, 0.25) is 0 Å². The fraction of sp³-hybridized carbons (Fsp3) is 0.136. The highest BCUT2D eigenvalue weighted by Gasteiger charge is 2.37. The van der Waals surface area contributed by atoms with E-state index in [1.807, 2.05) is 0 Å². The summed E-state index contributed by atoms with van der Waals surface area (Å²) in [5.41, 5.74) is -2.91. The first-order chi connectivity index (χ1) is 16.4. The summed E-state index contributed by atoms with van der Waals surface area (Å²) < 4.78 is 85.7. The van der Waals surface area contributed by atoms with Gasteiger partial charge in [-0.25, -0.2) is 9.50 Å². The van der Waals surface area contributed by atoms with E-state index in [0.29, 0.717) is 21.9 Å². The third-order valence-electron chi connectivity index (χ3n) is 4.87. The molecule has 0 fully saturated rings. The van der Waals surface area contributed by atoms with Crippen LogP contribution in [0.25, 0.3) is 16.9 Å². The van der Waals surface area contributed by atoms with Crippen LogP contribution in [0, 0.1) is 0 Å². The molecule has 182 valence electrons. The minimum Gasteiger partial charge on any atom is -0.497 e. The molecule has 1 amide bonds. The van der Waals surface area contributed by atoms with Gasteiger partial charge in [0.1, 0.15) is 5.75 Å². The number of alkyl halides is 6. The number of rotatable bonds is 4. The number of nitrogens with one attached hydrogen (secondary N) is 1. The van der Waals surface area contributed by atoms with Crippen LogP contribution in [0.5, 0.6) is 5.75 Å². The summed E-state index contributed by atoms with van der Waals surface area (Å²) in [7, 11) is 1.44. The molecular formula is C22H13BrF6N4O2. The van der Waals surface area contributed by atoms with Crippen LogP contribution in [0.2, 0.25) is 0 Å². The molecule has 0 radical (unpaired) electrons. The Morgan fingerprint density at radius 3 is 2.29 bits per heavy atom. The van der Waals surface area contributed by atoms with Gasteiger partial charge < -0.3 is 10.1 Å². The number of methoxy groups -OCH3 is 1. The average Bonchev–Trinajstić information content (AvgIpc) is 3.14. The molecule has 4 rings (SSSR count). The van der Waals surface area contributed by atoms with Gasteiger partial charge in [-0.3, -0.25) is 4.79 Å². The van der Waals surface area contributed by atoms with Crippen molar-refractivity contribution in [1.82, 2.24) is 14.6 Å². The maximum atomic E-state index is 13.8. The first-order valence-electron chi connectivity index (χ1n) is 9.68. The van der Waals surface area contributed by atoms with Gasteiger partial charge in [-0.2, -0.15) is 31.4 Å². The molecule has 1 N–H and O–H groups in total. The van der Waals surface area contributed by atoms with Crippen molar-refractivity contribution in [3.63, 3.8) is 0 Å². The van der Waals surface area contributed by atoms with Crippen molar-refractivity contribution in [3.8, 4) is 17.0 Å². The van der Waals surface area contributed by atoms with E-state index in [-0.39, 0.29) is 21.5 Å². The smallest absolute Gasteiger partial charge is 0.433 e. The number of fused-ring (bicyclic) bond motifs is 1. The van der Waals surface area contributed by atoms with Gasteiger partial charge in [0.05, 0.1) is 22.8 Å². The molecular weight excluding hydrogens is 546 g/mol. The van der Waals surface area contributed by atoms with Gasteiger partial charge in [0.15, 0.2) is 17.0 Å². The van der Waals surface area contributed by atoms with E-state index in [1.165, 1.54) is 25.3 Å². The molecule has 0 aliphatic carbocycles. The number of hydrogen-bond acceptors (Lipinski definition) is 4. The van der Waals surface area contributed by atoms with Crippen LogP contribution in [0.4, 0.5) is 32.0 Å². The summed E-state index contributed by atoms with van der Waals surface area (Å²) in [4.78, 5) is 16.9. The molecule has 0 saturated heterocycles. The van der Waals surface area contributed by atoms with Crippen molar-refractivity contribution in [2.75, 3.05) is 12.4 Å². The molecule has 0 unspecified atom stereocenters. The molecule has 2 aromatic carbocycles. The Bertz CT molecular complexity index is 1410. The monoisotopic (exact) mass is 558 g/mol. The Morgan fingerprint density at radius 2 is 1.69 bits per heavy atom. The summed E-state index contributed by atoms with van der Waals surface area (Å²) in [6, 6.07) is 10.7. The first kappa shape index (κ1) is 24.5. The minimum atomic E-state index is -4.86.